The number of hydrogen-bond acceptors (Lipinski definition) is 4. The van der Waals surface area contributed by atoms with Gasteiger partial charge < -0.3 is 0 Å². The van der Waals surface area contributed by atoms with Crippen LogP contribution in [0.3, 0.4) is 0 Å². The van der Waals surface area contributed by atoms with Crippen LogP contribution in [0.4, 0.5) is 0 Å². The first-order chi connectivity index (χ1) is 9.44. The van der Waals surface area contributed by atoms with Gasteiger partial charge in [0.25, 0.3) is 0 Å². The summed E-state index contributed by atoms with van der Waals surface area (Å²) in [5, 5.41) is 12.7. The Hall–Kier alpha value is -1.39. The molecule has 0 radical (unpaired) electrons. The van der Waals surface area contributed by atoms with Gasteiger partial charge in [0.1, 0.15) is 4.90 Å². The fourth-order valence-electron chi connectivity index (χ4n) is 1.66. The van der Waals surface area contributed by atoms with Crippen LogP contribution in [0.1, 0.15) is 24.1 Å². The number of hydrogen-bond donors (Lipinski definition) is 1. The van der Waals surface area contributed by atoms with E-state index in [-0.39, 0.29) is 21.5 Å². The number of sulfonamides is 1. The molecule has 4 nitrogen and oxygen atoms in total. The summed E-state index contributed by atoms with van der Waals surface area (Å²) in [6.07, 6.45) is 0. The Morgan fingerprint density at radius 1 is 1.40 bits per heavy atom. The van der Waals surface area contributed by atoms with Gasteiger partial charge in [-0.15, -0.1) is 0 Å². The van der Waals surface area contributed by atoms with Gasteiger partial charge in [-0.25, -0.2) is 13.1 Å². The molecule has 2 rings (SSSR count). The largest absolute Gasteiger partial charge is 0.242 e. The lowest BCUT2D eigenvalue weighted by Gasteiger charge is -2.14. The number of nitrogens with zero attached hydrogens (tertiary/aromatic N) is 1. The zero-order chi connectivity index (χ0) is 14.8. The van der Waals surface area contributed by atoms with E-state index >= 15 is 0 Å². The molecule has 2 aromatic rings. The van der Waals surface area contributed by atoms with Gasteiger partial charge in [0.05, 0.1) is 16.7 Å². The monoisotopic (exact) mass is 326 g/mol. The Morgan fingerprint density at radius 2 is 2.15 bits per heavy atom. The van der Waals surface area contributed by atoms with Gasteiger partial charge in [0.15, 0.2) is 0 Å². The molecule has 1 heterocycles. The summed E-state index contributed by atoms with van der Waals surface area (Å²) in [7, 11) is -3.78. The Kier molecular flexibility index (Phi) is 4.45. The second-order valence-electron chi connectivity index (χ2n) is 4.16. The van der Waals surface area contributed by atoms with Crippen LogP contribution in [0.5, 0.6) is 0 Å². The lowest BCUT2D eigenvalue weighted by molar-refractivity contribution is 0.567. The molecule has 0 bridgehead atoms. The normalized spacial score (nSPS) is 12.8. The molecule has 20 heavy (non-hydrogen) atoms. The van der Waals surface area contributed by atoms with Crippen molar-refractivity contribution in [3.63, 3.8) is 0 Å². The summed E-state index contributed by atoms with van der Waals surface area (Å²) in [6, 6.07) is 7.53. The van der Waals surface area contributed by atoms with E-state index in [4.69, 9.17) is 16.9 Å². The van der Waals surface area contributed by atoms with Gasteiger partial charge in [0.2, 0.25) is 10.0 Å². The van der Waals surface area contributed by atoms with Crippen molar-refractivity contribution in [2.45, 2.75) is 17.9 Å². The van der Waals surface area contributed by atoms with Crippen LogP contribution >= 0.6 is 22.9 Å². The van der Waals surface area contributed by atoms with Crippen molar-refractivity contribution in [3.8, 4) is 6.07 Å². The molecule has 1 aromatic heterocycles. The summed E-state index contributed by atoms with van der Waals surface area (Å²) in [4.78, 5) is -0.0831. The minimum atomic E-state index is -3.78. The van der Waals surface area contributed by atoms with E-state index in [9.17, 15) is 8.42 Å². The molecule has 0 saturated heterocycles. The molecule has 1 unspecified atom stereocenters. The molecule has 0 amide bonds. The number of thiophene rings is 1. The van der Waals surface area contributed by atoms with Gasteiger partial charge >= 0.3 is 0 Å². The molecule has 0 aliphatic carbocycles. The van der Waals surface area contributed by atoms with Crippen molar-refractivity contribution >= 4 is 33.0 Å². The zero-order valence-electron chi connectivity index (χ0n) is 10.5. The van der Waals surface area contributed by atoms with Crippen molar-refractivity contribution in [1.29, 1.82) is 5.26 Å². The lowest BCUT2D eigenvalue weighted by atomic mass is 10.2. The van der Waals surface area contributed by atoms with E-state index in [1.165, 1.54) is 29.5 Å². The van der Waals surface area contributed by atoms with Crippen LogP contribution in [-0.2, 0) is 10.0 Å². The van der Waals surface area contributed by atoms with Gasteiger partial charge in [-0.2, -0.15) is 16.6 Å². The molecule has 1 atom stereocenters. The zero-order valence-corrected chi connectivity index (χ0v) is 12.9. The predicted octanol–water partition coefficient (Wildman–Crippen LogP) is 3.31. The van der Waals surface area contributed by atoms with Gasteiger partial charge in [-0.05, 0) is 47.5 Å². The van der Waals surface area contributed by atoms with Gasteiger partial charge in [0, 0.05) is 6.04 Å². The smallest absolute Gasteiger partial charge is 0.207 e. The van der Waals surface area contributed by atoms with Gasteiger partial charge in [-0.1, -0.05) is 11.6 Å². The Labute approximate surface area is 126 Å². The summed E-state index contributed by atoms with van der Waals surface area (Å²) in [6.45, 7) is 1.75. The van der Waals surface area contributed by atoms with Crippen LogP contribution < -0.4 is 4.72 Å². The van der Waals surface area contributed by atoms with Gasteiger partial charge in [-0.3, -0.25) is 0 Å². The minimum absolute atomic E-state index is 0.0831. The first kappa shape index (κ1) is 15.0. The maximum atomic E-state index is 12.3. The third-order valence-corrected chi connectivity index (χ3v) is 5.45. The standard InChI is InChI=1S/C13H11ClN2O2S2/c1-9(11-4-5-19-8-11)16-20(17,18)13-6-10(7-15)2-3-12(13)14/h2-6,8-9,16H,1H3. The molecule has 7 heteroatoms. The molecule has 104 valence electrons. The van der Waals surface area contributed by atoms with E-state index in [1.54, 1.807) is 6.92 Å². The third-order valence-electron chi connectivity index (χ3n) is 2.72. The van der Waals surface area contributed by atoms with E-state index in [1.807, 2.05) is 22.9 Å². The predicted molar refractivity (Wildman–Crippen MR) is 79.2 cm³/mol. The number of benzene rings is 1. The summed E-state index contributed by atoms with van der Waals surface area (Å²) in [5.74, 6) is 0. The molecule has 1 aromatic carbocycles. The highest BCUT2D eigenvalue weighted by Gasteiger charge is 2.21. The first-order valence-electron chi connectivity index (χ1n) is 5.68. The number of nitrogens with one attached hydrogen (secondary N) is 1. The first-order valence-corrected chi connectivity index (χ1v) is 8.48. The number of halogens is 1. The van der Waals surface area contributed by atoms with Crippen molar-refractivity contribution in [3.05, 3.63) is 51.2 Å². The summed E-state index contributed by atoms with van der Waals surface area (Å²) < 4.78 is 27.2. The van der Waals surface area contributed by atoms with Crippen molar-refractivity contribution in [1.82, 2.24) is 4.72 Å². The Bertz CT molecular complexity index is 749. The molecule has 0 spiro atoms. The molecule has 1 N–H and O–H groups in total. The SMILES string of the molecule is CC(NS(=O)(=O)c1cc(C#N)ccc1Cl)c1ccsc1. The third kappa shape index (κ3) is 3.19. The fourth-order valence-corrected chi connectivity index (χ4v) is 4.18. The van der Waals surface area contributed by atoms with E-state index < -0.39 is 10.0 Å². The molecule has 0 fully saturated rings. The summed E-state index contributed by atoms with van der Waals surface area (Å²) >= 11 is 7.41. The Balaban J connectivity index is 2.34. The van der Waals surface area contributed by atoms with Crippen LogP contribution in [-0.4, -0.2) is 8.42 Å². The van der Waals surface area contributed by atoms with Crippen LogP contribution in [0.2, 0.25) is 5.02 Å². The van der Waals surface area contributed by atoms with E-state index in [2.05, 4.69) is 4.72 Å². The van der Waals surface area contributed by atoms with E-state index in [0.29, 0.717) is 0 Å². The molecular formula is C13H11ClN2O2S2. The molecule has 0 aliphatic rings. The highest BCUT2D eigenvalue weighted by atomic mass is 35.5. The Morgan fingerprint density at radius 3 is 2.75 bits per heavy atom. The topological polar surface area (TPSA) is 70.0 Å². The minimum Gasteiger partial charge on any atom is -0.207 e. The lowest BCUT2D eigenvalue weighted by Crippen LogP contribution is -2.27. The van der Waals surface area contributed by atoms with Crippen molar-refractivity contribution < 1.29 is 8.42 Å². The van der Waals surface area contributed by atoms with E-state index in [0.717, 1.165) is 5.56 Å². The fraction of sp³-hybridized carbons (Fsp3) is 0.154. The highest BCUT2D eigenvalue weighted by molar-refractivity contribution is 7.89. The van der Waals surface area contributed by atoms with Crippen LogP contribution in [0.25, 0.3) is 0 Å². The van der Waals surface area contributed by atoms with Crippen LogP contribution in [0.15, 0.2) is 39.9 Å². The van der Waals surface area contributed by atoms with Crippen molar-refractivity contribution in [2.75, 3.05) is 0 Å². The average molecular weight is 327 g/mol. The second kappa shape index (κ2) is 5.94. The maximum Gasteiger partial charge on any atom is 0.242 e. The van der Waals surface area contributed by atoms with Crippen LogP contribution in [0, 0.1) is 11.3 Å². The number of rotatable bonds is 4. The summed E-state index contributed by atoms with van der Waals surface area (Å²) in [5.41, 5.74) is 1.13. The van der Waals surface area contributed by atoms with Crippen molar-refractivity contribution in [2.24, 2.45) is 0 Å². The molecule has 0 saturated carbocycles. The molecule has 0 aliphatic heterocycles. The quantitative estimate of drug-likeness (QED) is 0.937. The second-order valence-corrected chi connectivity index (χ2v) is 7.03. The maximum absolute atomic E-state index is 12.3. The highest BCUT2D eigenvalue weighted by Crippen LogP contribution is 2.25. The average Bonchev–Trinajstić information content (AvgIpc) is 2.92. The number of nitriles is 1. The molecular weight excluding hydrogens is 316 g/mol.